The highest BCUT2D eigenvalue weighted by atomic mass is 35.5. The second-order valence-corrected chi connectivity index (χ2v) is 4.57. The Morgan fingerprint density at radius 2 is 2.13 bits per heavy atom. The molecule has 1 aliphatic heterocycles. The van der Waals surface area contributed by atoms with Crippen molar-refractivity contribution in [3.05, 3.63) is 0 Å². The van der Waals surface area contributed by atoms with E-state index in [0.29, 0.717) is 12.5 Å². The zero-order chi connectivity index (χ0) is 10.1. The summed E-state index contributed by atoms with van der Waals surface area (Å²) in [5.74, 6) is 1.43. The van der Waals surface area contributed by atoms with Gasteiger partial charge in [-0.25, -0.2) is 8.78 Å². The van der Waals surface area contributed by atoms with E-state index in [2.05, 4.69) is 12.2 Å². The van der Waals surface area contributed by atoms with Crippen molar-refractivity contribution in [1.82, 2.24) is 10.2 Å². The summed E-state index contributed by atoms with van der Waals surface area (Å²) in [6.07, 6.45) is -0.989. The molecule has 0 aromatic carbocycles. The molecule has 3 atom stereocenters. The first kappa shape index (κ1) is 13.1. The second kappa shape index (κ2) is 5.41. The van der Waals surface area contributed by atoms with E-state index in [9.17, 15) is 8.78 Å². The van der Waals surface area contributed by atoms with Crippen LogP contribution in [0.3, 0.4) is 0 Å². The Balaban J connectivity index is 0.00000112. The fourth-order valence-corrected chi connectivity index (χ4v) is 2.20. The summed E-state index contributed by atoms with van der Waals surface area (Å²) in [6.45, 7) is 5.14. The highest BCUT2D eigenvalue weighted by molar-refractivity contribution is 5.85. The molecule has 2 rings (SSSR count). The molecule has 0 bridgehead atoms. The van der Waals surface area contributed by atoms with Crippen LogP contribution in [-0.2, 0) is 0 Å². The van der Waals surface area contributed by atoms with Gasteiger partial charge in [-0.1, -0.05) is 6.92 Å². The topological polar surface area (TPSA) is 15.3 Å². The van der Waals surface area contributed by atoms with E-state index in [1.54, 1.807) is 0 Å². The Morgan fingerprint density at radius 3 is 2.67 bits per heavy atom. The van der Waals surface area contributed by atoms with Crippen LogP contribution in [0.2, 0.25) is 0 Å². The summed E-state index contributed by atoms with van der Waals surface area (Å²) in [5, 5.41) is 3.03. The van der Waals surface area contributed by atoms with E-state index in [1.807, 2.05) is 4.90 Å². The Bertz CT molecular complexity index is 204. The summed E-state index contributed by atoms with van der Waals surface area (Å²) in [5.41, 5.74) is 0. The van der Waals surface area contributed by atoms with Crippen molar-refractivity contribution in [2.75, 3.05) is 26.2 Å². The molecule has 1 aliphatic carbocycles. The van der Waals surface area contributed by atoms with Gasteiger partial charge in [-0.05, 0) is 18.3 Å². The maximum Gasteiger partial charge on any atom is 0.255 e. The van der Waals surface area contributed by atoms with Gasteiger partial charge in [0.1, 0.15) is 0 Å². The molecule has 5 heteroatoms. The highest BCUT2D eigenvalue weighted by Crippen LogP contribution is 2.38. The zero-order valence-corrected chi connectivity index (χ0v) is 9.77. The summed E-state index contributed by atoms with van der Waals surface area (Å²) in [7, 11) is 0. The predicted molar refractivity (Wildman–Crippen MR) is 58.8 cm³/mol. The van der Waals surface area contributed by atoms with Gasteiger partial charge in [0.05, 0.1) is 6.04 Å². The van der Waals surface area contributed by atoms with Gasteiger partial charge in [-0.3, -0.25) is 4.90 Å². The molecule has 0 radical (unpaired) electrons. The monoisotopic (exact) mass is 240 g/mol. The molecule has 2 aliphatic rings. The Morgan fingerprint density at radius 1 is 1.47 bits per heavy atom. The quantitative estimate of drug-likeness (QED) is 0.806. The molecule has 1 N–H and O–H groups in total. The summed E-state index contributed by atoms with van der Waals surface area (Å²) in [6, 6.07) is -0.559. The van der Waals surface area contributed by atoms with Crippen molar-refractivity contribution in [2.24, 2.45) is 11.8 Å². The van der Waals surface area contributed by atoms with Gasteiger partial charge in [-0.2, -0.15) is 0 Å². The first-order valence-electron chi connectivity index (χ1n) is 5.41. The molecule has 15 heavy (non-hydrogen) atoms. The number of alkyl halides is 2. The average Bonchev–Trinajstić information content (AvgIpc) is 2.82. The Labute approximate surface area is 95.8 Å². The van der Waals surface area contributed by atoms with Crippen LogP contribution in [0, 0.1) is 11.8 Å². The van der Waals surface area contributed by atoms with E-state index < -0.39 is 12.5 Å². The first-order valence-corrected chi connectivity index (χ1v) is 5.41. The molecule has 1 saturated heterocycles. The largest absolute Gasteiger partial charge is 0.314 e. The molecule has 1 saturated carbocycles. The minimum Gasteiger partial charge on any atom is -0.314 e. The molecule has 2 fully saturated rings. The molecule has 2 nitrogen and oxygen atoms in total. The SMILES string of the molecule is CC1CC1CN1CCNCC1C(F)F.Cl. The number of halogens is 3. The second-order valence-electron chi connectivity index (χ2n) is 4.57. The molecule has 1 heterocycles. The van der Waals surface area contributed by atoms with Crippen molar-refractivity contribution in [2.45, 2.75) is 25.8 Å². The van der Waals surface area contributed by atoms with Crippen molar-refractivity contribution in [3.8, 4) is 0 Å². The number of nitrogens with one attached hydrogen (secondary N) is 1. The summed E-state index contributed by atoms with van der Waals surface area (Å²) < 4.78 is 25.3. The van der Waals surface area contributed by atoms with E-state index in [1.165, 1.54) is 6.42 Å². The van der Waals surface area contributed by atoms with Gasteiger partial charge in [0.2, 0.25) is 0 Å². The summed E-state index contributed by atoms with van der Waals surface area (Å²) >= 11 is 0. The van der Waals surface area contributed by atoms with Crippen LogP contribution in [0.15, 0.2) is 0 Å². The van der Waals surface area contributed by atoms with Crippen LogP contribution in [0.5, 0.6) is 0 Å². The van der Waals surface area contributed by atoms with Gasteiger partial charge >= 0.3 is 0 Å². The van der Waals surface area contributed by atoms with Crippen molar-refractivity contribution in [1.29, 1.82) is 0 Å². The van der Waals surface area contributed by atoms with Crippen molar-refractivity contribution >= 4 is 12.4 Å². The summed E-state index contributed by atoms with van der Waals surface area (Å²) in [4.78, 5) is 1.97. The van der Waals surface area contributed by atoms with Crippen molar-refractivity contribution in [3.63, 3.8) is 0 Å². The third-order valence-electron chi connectivity index (χ3n) is 3.43. The van der Waals surface area contributed by atoms with E-state index in [4.69, 9.17) is 0 Å². The van der Waals surface area contributed by atoms with Gasteiger partial charge in [-0.15, -0.1) is 12.4 Å². The van der Waals surface area contributed by atoms with E-state index in [0.717, 1.165) is 25.6 Å². The van der Waals surface area contributed by atoms with Gasteiger partial charge in [0.15, 0.2) is 0 Å². The minimum atomic E-state index is -2.21. The van der Waals surface area contributed by atoms with Gasteiger partial charge in [0.25, 0.3) is 6.43 Å². The Kier molecular flexibility index (Phi) is 4.74. The molecule has 90 valence electrons. The van der Waals surface area contributed by atoms with Gasteiger partial charge < -0.3 is 5.32 Å². The fraction of sp³-hybridized carbons (Fsp3) is 1.00. The van der Waals surface area contributed by atoms with Crippen molar-refractivity contribution < 1.29 is 8.78 Å². The molecule has 3 unspecified atom stereocenters. The number of hydrogen-bond donors (Lipinski definition) is 1. The average molecular weight is 241 g/mol. The zero-order valence-electron chi connectivity index (χ0n) is 8.96. The van der Waals surface area contributed by atoms with Crippen LogP contribution < -0.4 is 5.32 Å². The Hall–Kier alpha value is 0.0700. The van der Waals surface area contributed by atoms with E-state index in [-0.39, 0.29) is 12.4 Å². The number of nitrogens with zero attached hydrogens (tertiary/aromatic N) is 1. The maximum atomic E-state index is 12.7. The van der Waals surface area contributed by atoms with Crippen LogP contribution in [0.4, 0.5) is 8.78 Å². The molecular weight excluding hydrogens is 222 g/mol. The molecule has 0 amide bonds. The van der Waals surface area contributed by atoms with E-state index >= 15 is 0 Å². The standard InChI is InChI=1S/C10H18F2N2.ClH/c1-7-4-8(7)6-14-3-2-13-5-9(14)10(11)12;/h7-10,13H,2-6H2,1H3;1H. The van der Waals surface area contributed by atoms with Gasteiger partial charge in [0, 0.05) is 26.2 Å². The fourth-order valence-electron chi connectivity index (χ4n) is 2.20. The van der Waals surface area contributed by atoms with Crippen LogP contribution >= 0.6 is 12.4 Å². The maximum absolute atomic E-state index is 12.7. The third-order valence-corrected chi connectivity index (χ3v) is 3.43. The van der Waals surface area contributed by atoms with Crippen LogP contribution in [0.1, 0.15) is 13.3 Å². The lowest BCUT2D eigenvalue weighted by Gasteiger charge is -2.35. The molecule has 0 spiro atoms. The number of rotatable bonds is 3. The van der Waals surface area contributed by atoms with Crippen LogP contribution in [0.25, 0.3) is 0 Å². The molecular formula is C10H19ClF2N2. The smallest absolute Gasteiger partial charge is 0.255 e. The van der Waals surface area contributed by atoms with Crippen LogP contribution in [-0.4, -0.2) is 43.5 Å². The molecule has 0 aromatic rings. The minimum absolute atomic E-state index is 0. The lowest BCUT2D eigenvalue weighted by molar-refractivity contribution is 0.00969. The highest BCUT2D eigenvalue weighted by Gasteiger charge is 2.38. The number of hydrogen-bond acceptors (Lipinski definition) is 2. The number of piperazine rings is 1. The lowest BCUT2D eigenvalue weighted by Crippen LogP contribution is -2.55. The normalized spacial score (nSPS) is 36.4. The molecule has 0 aromatic heterocycles. The first-order chi connectivity index (χ1) is 6.68. The third kappa shape index (κ3) is 3.26. The lowest BCUT2D eigenvalue weighted by atomic mass is 10.1. The predicted octanol–water partition coefficient (Wildman–Crippen LogP) is 1.60.